The van der Waals surface area contributed by atoms with Crippen LogP contribution >= 0.6 is 0 Å². The van der Waals surface area contributed by atoms with Crippen molar-refractivity contribution >= 4 is 0 Å². The van der Waals surface area contributed by atoms with Gasteiger partial charge >= 0.3 is 0 Å². The van der Waals surface area contributed by atoms with Gasteiger partial charge < -0.3 is 10.6 Å². The first-order chi connectivity index (χ1) is 11.7. The molecule has 0 bridgehead atoms. The Bertz CT molecular complexity index is 653. The highest BCUT2D eigenvalue weighted by atomic mass is 15.2. The number of fused-ring (bicyclic) bond motifs is 1. The Morgan fingerprint density at radius 2 is 1.92 bits per heavy atom. The monoisotopic (exact) mass is 323 g/mol. The van der Waals surface area contributed by atoms with Gasteiger partial charge in [0, 0.05) is 32.2 Å². The fourth-order valence-electron chi connectivity index (χ4n) is 3.79. The molecule has 0 aliphatic carbocycles. The van der Waals surface area contributed by atoms with Crippen molar-refractivity contribution in [2.75, 3.05) is 26.7 Å². The highest BCUT2D eigenvalue weighted by molar-refractivity contribution is 5.40. The maximum absolute atomic E-state index is 6.07. The van der Waals surface area contributed by atoms with Crippen LogP contribution in [-0.2, 0) is 13.1 Å². The van der Waals surface area contributed by atoms with E-state index in [4.69, 9.17) is 5.73 Å². The van der Waals surface area contributed by atoms with Crippen molar-refractivity contribution in [3.8, 4) is 0 Å². The molecule has 0 fully saturated rings. The quantitative estimate of drug-likeness (QED) is 0.848. The minimum Gasteiger partial charge on any atom is -0.329 e. The van der Waals surface area contributed by atoms with Crippen molar-refractivity contribution in [2.45, 2.75) is 32.5 Å². The average molecular weight is 323 g/mol. The molecule has 0 aromatic heterocycles. The van der Waals surface area contributed by atoms with E-state index >= 15 is 0 Å². The minimum atomic E-state index is 0.388. The molecule has 3 nitrogen and oxygen atoms in total. The van der Waals surface area contributed by atoms with Crippen LogP contribution in [0.3, 0.4) is 0 Å². The van der Waals surface area contributed by atoms with E-state index in [2.05, 4.69) is 72.3 Å². The molecule has 3 rings (SSSR count). The number of rotatable bonds is 7. The highest BCUT2D eigenvalue weighted by Crippen LogP contribution is 2.34. The molecule has 0 radical (unpaired) electrons. The Labute approximate surface area is 146 Å². The molecule has 1 heterocycles. The molecule has 2 N–H and O–H groups in total. The molecule has 0 saturated heterocycles. The number of nitrogens with zero attached hydrogens (tertiary/aromatic N) is 2. The number of hydrogen-bond donors (Lipinski definition) is 1. The summed E-state index contributed by atoms with van der Waals surface area (Å²) in [4.78, 5) is 4.95. The molecule has 24 heavy (non-hydrogen) atoms. The van der Waals surface area contributed by atoms with E-state index in [0.29, 0.717) is 12.6 Å². The summed E-state index contributed by atoms with van der Waals surface area (Å²) in [6.07, 6.45) is 1.17. The van der Waals surface area contributed by atoms with Gasteiger partial charge in [-0.2, -0.15) is 0 Å². The Morgan fingerprint density at radius 1 is 1.12 bits per heavy atom. The van der Waals surface area contributed by atoms with Gasteiger partial charge in [-0.05, 0) is 49.2 Å². The second-order valence-electron chi connectivity index (χ2n) is 6.94. The normalized spacial score (nSPS) is 17.4. The molecule has 128 valence electrons. The van der Waals surface area contributed by atoms with E-state index in [9.17, 15) is 0 Å². The Hall–Kier alpha value is -1.68. The Kier molecular flexibility index (Phi) is 5.67. The van der Waals surface area contributed by atoms with Crippen molar-refractivity contribution in [2.24, 2.45) is 5.73 Å². The van der Waals surface area contributed by atoms with E-state index in [-0.39, 0.29) is 0 Å². The molecule has 2 aromatic rings. The summed E-state index contributed by atoms with van der Waals surface area (Å²) in [6, 6.07) is 17.7. The van der Waals surface area contributed by atoms with Crippen molar-refractivity contribution < 1.29 is 0 Å². The number of hydrogen-bond acceptors (Lipinski definition) is 3. The lowest BCUT2D eigenvalue weighted by Crippen LogP contribution is -2.31. The second-order valence-corrected chi connectivity index (χ2v) is 6.94. The maximum atomic E-state index is 6.07. The van der Waals surface area contributed by atoms with E-state index in [1.807, 2.05) is 0 Å². The number of nitrogens with two attached hydrogens (primary N) is 1. The second kappa shape index (κ2) is 7.93. The lowest BCUT2D eigenvalue weighted by Gasteiger charge is -2.25. The Morgan fingerprint density at radius 3 is 2.67 bits per heavy atom. The fourth-order valence-corrected chi connectivity index (χ4v) is 3.79. The van der Waals surface area contributed by atoms with Gasteiger partial charge in [-0.1, -0.05) is 48.5 Å². The van der Waals surface area contributed by atoms with Crippen LogP contribution in [0.15, 0.2) is 48.5 Å². The van der Waals surface area contributed by atoms with Gasteiger partial charge in [0.05, 0.1) is 0 Å². The zero-order chi connectivity index (χ0) is 16.9. The molecule has 0 amide bonds. The van der Waals surface area contributed by atoms with Gasteiger partial charge in [-0.15, -0.1) is 0 Å². The van der Waals surface area contributed by atoms with Gasteiger partial charge in [0.1, 0.15) is 0 Å². The van der Waals surface area contributed by atoms with Crippen molar-refractivity contribution in [3.63, 3.8) is 0 Å². The predicted octanol–water partition coefficient (Wildman–Crippen LogP) is 3.33. The molecular weight excluding hydrogens is 294 g/mol. The zero-order valence-corrected chi connectivity index (χ0v) is 14.9. The summed E-state index contributed by atoms with van der Waals surface area (Å²) in [7, 11) is 2.20. The molecular formula is C21H29N3. The van der Waals surface area contributed by atoms with Crippen LogP contribution in [-0.4, -0.2) is 36.5 Å². The molecule has 3 heteroatoms. The van der Waals surface area contributed by atoms with Crippen LogP contribution in [0.2, 0.25) is 0 Å². The first kappa shape index (κ1) is 17.2. The summed E-state index contributed by atoms with van der Waals surface area (Å²) < 4.78 is 0. The van der Waals surface area contributed by atoms with Gasteiger partial charge in [0.15, 0.2) is 0 Å². The first-order valence-corrected chi connectivity index (χ1v) is 8.94. The van der Waals surface area contributed by atoms with Crippen LogP contribution in [0.5, 0.6) is 0 Å². The van der Waals surface area contributed by atoms with Gasteiger partial charge in [-0.3, -0.25) is 4.90 Å². The predicted molar refractivity (Wildman–Crippen MR) is 101 cm³/mol. The van der Waals surface area contributed by atoms with Crippen LogP contribution in [0, 0.1) is 6.92 Å². The molecule has 0 saturated carbocycles. The summed E-state index contributed by atoms with van der Waals surface area (Å²) in [5, 5.41) is 0. The van der Waals surface area contributed by atoms with Gasteiger partial charge in [-0.25, -0.2) is 0 Å². The van der Waals surface area contributed by atoms with Crippen LogP contribution in [0.4, 0.5) is 0 Å². The third kappa shape index (κ3) is 3.86. The summed E-state index contributed by atoms with van der Waals surface area (Å²) in [5.74, 6) is 0. The number of benzene rings is 2. The van der Waals surface area contributed by atoms with E-state index in [1.54, 1.807) is 0 Å². The summed E-state index contributed by atoms with van der Waals surface area (Å²) in [5.41, 5.74) is 11.8. The van der Waals surface area contributed by atoms with Gasteiger partial charge in [0.25, 0.3) is 0 Å². The lowest BCUT2D eigenvalue weighted by atomic mass is 10.0. The smallest absolute Gasteiger partial charge is 0.0477 e. The fraction of sp³-hybridized carbons (Fsp3) is 0.429. The van der Waals surface area contributed by atoms with E-state index < -0.39 is 0 Å². The molecule has 1 aliphatic rings. The largest absolute Gasteiger partial charge is 0.329 e. The standard InChI is InChI=1S/C21H29N3/c1-17-8-6-11-19-20(17)16-24(21(19)14-22)13-7-12-23(2)15-18-9-4-3-5-10-18/h3-6,8-11,21H,7,12-16,22H2,1-2H3. The van der Waals surface area contributed by atoms with Gasteiger partial charge in [0.2, 0.25) is 0 Å². The van der Waals surface area contributed by atoms with Crippen LogP contribution in [0.25, 0.3) is 0 Å². The Balaban J connectivity index is 1.51. The van der Waals surface area contributed by atoms with Crippen molar-refractivity contribution in [1.82, 2.24) is 9.80 Å². The van der Waals surface area contributed by atoms with Crippen LogP contribution < -0.4 is 5.73 Å². The molecule has 1 aliphatic heterocycles. The topological polar surface area (TPSA) is 32.5 Å². The molecule has 1 atom stereocenters. The maximum Gasteiger partial charge on any atom is 0.0477 e. The van der Waals surface area contributed by atoms with Crippen LogP contribution in [0.1, 0.15) is 34.7 Å². The third-order valence-electron chi connectivity index (χ3n) is 5.11. The highest BCUT2D eigenvalue weighted by Gasteiger charge is 2.29. The third-order valence-corrected chi connectivity index (χ3v) is 5.11. The average Bonchev–Trinajstić information content (AvgIpc) is 2.94. The van der Waals surface area contributed by atoms with Crippen molar-refractivity contribution in [1.29, 1.82) is 0 Å². The molecule has 2 aromatic carbocycles. The van der Waals surface area contributed by atoms with Crippen molar-refractivity contribution in [3.05, 3.63) is 70.8 Å². The summed E-state index contributed by atoms with van der Waals surface area (Å²) in [6.45, 7) is 7.19. The molecule has 0 spiro atoms. The molecule has 1 unspecified atom stereocenters. The lowest BCUT2D eigenvalue weighted by molar-refractivity contribution is 0.201. The zero-order valence-electron chi connectivity index (χ0n) is 14.9. The first-order valence-electron chi connectivity index (χ1n) is 8.94. The SMILES string of the molecule is Cc1cccc2c1CN(CCCN(C)Cc1ccccc1)C2CN. The van der Waals surface area contributed by atoms with E-state index in [1.165, 1.54) is 28.7 Å². The summed E-state index contributed by atoms with van der Waals surface area (Å²) >= 11 is 0. The minimum absolute atomic E-state index is 0.388. The number of aryl methyl sites for hydroxylation is 1. The van der Waals surface area contributed by atoms with E-state index in [0.717, 1.165) is 26.2 Å².